The van der Waals surface area contributed by atoms with E-state index in [1.54, 1.807) is 11.9 Å². The van der Waals surface area contributed by atoms with E-state index in [1.807, 2.05) is 18.2 Å². The molecule has 0 heterocycles. The van der Waals surface area contributed by atoms with Gasteiger partial charge in [-0.3, -0.25) is 4.79 Å². The van der Waals surface area contributed by atoms with Gasteiger partial charge in [-0.05, 0) is 37.2 Å². The predicted octanol–water partition coefficient (Wildman–Crippen LogP) is 1.18. The van der Waals surface area contributed by atoms with E-state index in [4.69, 9.17) is 5.73 Å². The van der Waals surface area contributed by atoms with E-state index in [0.29, 0.717) is 18.9 Å². The summed E-state index contributed by atoms with van der Waals surface area (Å²) in [7, 11) is 1.80. The van der Waals surface area contributed by atoms with Gasteiger partial charge in [0.05, 0.1) is 12.1 Å². The van der Waals surface area contributed by atoms with Gasteiger partial charge in [0.15, 0.2) is 0 Å². The number of nitrogens with two attached hydrogens (primary N) is 1. The van der Waals surface area contributed by atoms with Crippen molar-refractivity contribution >= 4 is 5.91 Å². The minimum Gasteiger partial charge on any atom is -0.393 e. The molecule has 1 saturated carbocycles. The van der Waals surface area contributed by atoms with Crippen molar-refractivity contribution in [3.8, 4) is 0 Å². The second-order valence-electron chi connectivity index (χ2n) is 5.84. The van der Waals surface area contributed by atoms with Crippen molar-refractivity contribution in [2.75, 3.05) is 13.6 Å². The summed E-state index contributed by atoms with van der Waals surface area (Å²) in [6.45, 7) is 0.703. The van der Waals surface area contributed by atoms with Crippen LogP contribution in [0.1, 0.15) is 24.8 Å². The summed E-state index contributed by atoms with van der Waals surface area (Å²) in [6, 6.07) is 9.64. The van der Waals surface area contributed by atoms with Crippen molar-refractivity contribution in [1.29, 1.82) is 0 Å². The Bertz CT molecular complexity index is 429. The quantitative estimate of drug-likeness (QED) is 0.820. The van der Waals surface area contributed by atoms with Crippen LogP contribution in [0.4, 0.5) is 0 Å². The first kappa shape index (κ1) is 15.0. The second-order valence-corrected chi connectivity index (χ2v) is 5.84. The molecule has 0 radical (unpaired) electrons. The number of aliphatic hydroxyl groups excluding tert-OH is 1. The van der Waals surface area contributed by atoms with Crippen molar-refractivity contribution in [2.24, 2.45) is 11.7 Å². The Morgan fingerprint density at radius 3 is 2.65 bits per heavy atom. The number of carbonyl (C=O) groups is 1. The topological polar surface area (TPSA) is 66.6 Å². The molecule has 1 atom stereocenters. The average Bonchev–Trinajstić information content (AvgIpc) is 2.43. The Kier molecular flexibility index (Phi) is 5.15. The highest BCUT2D eigenvalue weighted by Crippen LogP contribution is 2.27. The van der Waals surface area contributed by atoms with E-state index in [1.165, 1.54) is 5.56 Å². The number of rotatable bonds is 6. The van der Waals surface area contributed by atoms with Gasteiger partial charge in [0.2, 0.25) is 5.91 Å². The fourth-order valence-electron chi connectivity index (χ4n) is 2.70. The standard InChI is InChI=1S/C16H24N2O2/c1-18(11-13-9-14(19)10-13)16(20)15(17)8-7-12-5-3-2-4-6-12/h2-6,13-15,19H,7-11,17H2,1H3/t13?,14?,15-/m0/s1. The van der Waals surface area contributed by atoms with Crippen LogP contribution in [0.5, 0.6) is 0 Å². The lowest BCUT2D eigenvalue weighted by molar-refractivity contribution is -0.133. The molecule has 0 spiro atoms. The number of aryl methyl sites for hydroxylation is 1. The maximum atomic E-state index is 12.2. The molecule has 110 valence electrons. The maximum absolute atomic E-state index is 12.2. The van der Waals surface area contributed by atoms with Gasteiger partial charge in [-0.1, -0.05) is 30.3 Å². The first-order valence-corrected chi connectivity index (χ1v) is 7.29. The van der Waals surface area contributed by atoms with Crippen LogP contribution in [0.2, 0.25) is 0 Å². The molecule has 0 unspecified atom stereocenters. The van der Waals surface area contributed by atoms with E-state index in [2.05, 4.69) is 12.1 Å². The molecular weight excluding hydrogens is 252 g/mol. The number of hydrogen-bond donors (Lipinski definition) is 2. The Morgan fingerprint density at radius 1 is 1.40 bits per heavy atom. The summed E-state index contributed by atoms with van der Waals surface area (Å²) in [5, 5.41) is 9.26. The van der Waals surface area contributed by atoms with Gasteiger partial charge in [0, 0.05) is 13.6 Å². The molecule has 1 fully saturated rings. The van der Waals surface area contributed by atoms with Gasteiger partial charge < -0.3 is 15.7 Å². The Morgan fingerprint density at radius 2 is 2.05 bits per heavy atom. The fraction of sp³-hybridized carbons (Fsp3) is 0.562. The number of amides is 1. The Labute approximate surface area is 120 Å². The third kappa shape index (κ3) is 4.05. The zero-order valence-electron chi connectivity index (χ0n) is 12.0. The monoisotopic (exact) mass is 276 g/mol. The van der Waals surface area contributed by atoms with Crippen molar-refractivity contribution < 1.29 is 9.90 Å². The number of carbonyl (C=O) groups excluding carboxylic acids is 1. The first-order chi connectivity index (χ1) is 9.56. The molecule has 1 amide bonds. The number of nitrogens with zero attached hydrogens (tertiary/aromatic N) is 1. The predicted molar refractivity (Wildman–Crippen MR) is 79.1 cm³/mol. The lowest BCUT2D eigenvalue weighted by atomic mass is 9.82. The molecule has 0 aliphatic heterocycles. The van der Waals surface area contributed by atoms with E-state index < -0.39 is 6.04 Å². The summed E-state index contributed by atoms with van der Waals surface area (Å²) in [4.78, 5) is 13.9. The van der Waals surface area contributed by atoms with Crippen LogP contribution in [0.25, 0.3) is 0 Å². The van der Waals surface area contributed by atoms with Crippen LogP contribution >= 0.6 is 0 Å². The largest absolute Gasteiger partial charge is 0.393 e. The summed E-state index contributed by atoms with van der Waals surface area (Å²) in [6.07, 6.45) is 2.92. The molecule has 4 heteroatoms. The second kappa shape index (κ2) is 6.86. The van der Waals surface area contributed by atoms with Crippen LogP contribution in [-0.2, 0) is 11.2 Å². The molecule has 1 aliphatic rings. The van der Waals surface area contributed by atoms with Crippen LogP contribution < -0.4 is 5.73 Å². The molecule has 0 aromatic heterocycles. The molecule has 4 nitrogen and oxygen atoms in total. The highest BCUT2D eigenvalue weighted by atomic mass is 16.3. The van der Waals surface area contributed by atoms with Crippen LogP contribution in [0.3, 0.4) is 0 Å². The van der Waals surface area contributed by atoms with Crippen molar-refractivity contribution in [1.82, 2.24) is 4.90 Å². The van der Waals surface area contributed by atoms with Gasteiger partial charge in [0.25, 0.3) is 0 Å². The van der Waals surface area contributed by atoms with Crippen molar-refractivity contribution in [3.05, 3.63) is 35.9 Å². The average molecular weight is 276 g/mol. The summed E-state index contributed by atoms with van der Waals surface area (Å²) >= 11 is 0. The van der Waals surface area contributed by atoms with Crippen molar-refractivity contribution in [3.63, 3.8) is 0 Å². The smallest absolute Gasteiger partial charge is 0.239 e. The maximum Gasteiger partial charge on any atom is 0.239 e. The minimum atomic E-state index is -0.440. The fourth-order valence-corrected chi connectivity index (χ4v) is 2.70. The first-order valence-electron chi connectivity index (χ1n) is 7.29. The van der Waals surface area contributed by atoms with Gasteiger partial charge in [-0.2, -0.15) is 0 Å². The lowest BCUT2D eigenvalue weighted by Gasteiger charge is -2.35. The van der Waals surface area contributed by atoms with E-state index in [-0.39, 0.29) is 12.0 Å². The highest BCUT2D eigenvalue weighted by Gasteiger charge is 2.30. The molecule has 1 aromatic carbocycles. The summed E-state index contributed by atoms with van der Waals surface area (Å²) in [5.41, 5.74) is 7.20. The zero-order chi connectivity index (χ0) is 14.5. The number of aliphatic hydroxyl groups is 1. The van der Waals surface area contributed by atoms with Gasteiger partial charge in [-0.25, -0.2) is 0 Å². The summed E-state index contributed by atoms with van der Waals surface area (Å²) < 4.78 is 0. The lowest BCUT2D eigenvalue weighted by Crippen LogP contribution is -2.46. The summed E-state index contributed by atoms with van der Waals surface area (Å²) in [5.74, 6) is 0.433. The molecule has 1 aromatic rings. The molecule has 1 aliphatic carbocycles. The highest BCUT2D eigenvalue weighted by molar-refractivity contribution is 5.81. The molecule has 0 saturated heterocycles. The van der Waals surface area contributed by atoms with Gasteiger partial charge in [-0.15, -0.1) is 0 Å². The Hall–Kier alpha value is -1.39. The number of benzene rings is 1. The molecule has 3 N–H and O–H groups in total. The third-order valence-electron chi connectivity index (χ3n) is 4.02. The number of hydrogen-bond acceptors (Lipinski definition) is 3. The minimum absolute atomic E-state index is 0.00215. The zero-order valence-corrected chi connectivity index (χ0v) is 12.0. The Balaban J connectivity index is 1.73. The molecule has 20 heavy (non-hydrogen) atoms. The van der Waals surface area contributed by atoms with E-state index in [0.717, 1.165) is 19.3 Å². The molecular formula is C16H24N2O2. The normalized spacial score (nSPS) is 22.9. The van der Waals surface area contributed by atoms with Crippen LogP contribution in [0, 0.1) is 5.92 Å². The SMILES string of the molecule is CN(CC1CC(O)C1)C(=O)[C@@H](N)CCc1ccccc1. The van der Waals surface area contributed by atoms with E-state index in [9.17, 15) is 9.90 Å². The van der Waals surface area contributed by atoms with Crippen LogP contribution in [-0.4, -0.2) is 41.7 Å². The molecule has 0 bridgehead atoms. The number of likely N-dealkylation sites (N-methyl/N-ethyl adjacent to an activating group) is 1. The third-order valence-corrected chi connectivity index (χ3v) is 4.02. The van der Waals surface area contributed by atoms with Gasteiger partial charge >= 0.3 is 0 Å². The molecule has 2 rings (SSSR count). The van der Waals surface area contributed by atoms with Gasteiger partial charge in [0.1, 0.15) is 0 Å². The van der Waals surface area contributed by atoms with E-state index >= 15 is 0 Å². The van der Waals surface area contributed by atoms with Crippen LogP contribution in [0.15, 0.2) is 30.3 Å². The van der Waals surface area contributed by atoms with Crippen molar-refractivity contribution in [2.45, 2.75) is 37.8 Å².